The zero-order valence-electron chi connectivity index (χ0n) is 14.7. The van der Waals surface area contributed by atoms with E-state index in [1.165, 1.54) is 0 Å². The van der Waals surface area contributed by atoms with Gasteiger partial charge in [-0.2, -0.15) is 0 Å². The minimum absolute atomic E-state index is 0. The maximum absolute atomic E-state index is 12.7. The molecule has 6 nitrogen and oxygen atoms in total. The van der Waals surface area contributed by atoms with E-state index in [-0.39, 0.29) is 12.4 Å². The van der Waals surface area contributed by atoms with Crippen molar-refractivity contribution in [2.75, 3.05) is 26.0 Å². The number of hydrogen-bond donors (Lipinski definition) is 2. The summed E-state index contributed by atoms with van der Waals surface area (Å²) in [7, 11) is -3.49. The standard InChI is InChI=1S/C17H26N2O4S.ClH/c1-3-23-13-15-7-5-4-6-14(15)12-19-16(20)17(24(2,21)22)8-10-18-11-9-17;/h4-7,18H,3,8-13H2,1-2H3,(H,19,20);1H. The molecule has 0 radical (unpaired) electrons. The van der Waals surface area contributed by atoms with Gasteiger partial charge in [0.1, 0.15) is 0 Å². The van der Waals surface area contributed by atoms with Gasteiger partial charge in [0, 0.05) is 19.4 Å². The van der Waals surface area contributed by atoms with Crippen molar-refractivity contribution < 1.29 is 17.9 Å². The lowest BCUT2D eigenvalue weighted by Crippen LogP contribution is -2.57. The summed E-state index contributed by atoms with van der Waals surface area (Å²) in [4.78, 5) is 12.7. The fourth-order valence-corrected chi connectivity index (χ4v) is 4.37. The van der Waals surface area contributed by atoms with Crippen LogP contribution in [-0.2, 0) is 32.5 Å². The van der Waals surface area contributed by atoms with E-state index < -0.39 is 20.5 Å². The largest absolute Gasteiger partial charge is 0.377 e. The van der Waals surface area contributed by atoms with E-state index in [9.17, 15) is 13.2 Å². The molecular formula is C17H27ClN2O4S. The number of hydrogen-bond acceptors (Lipinski definition) is 5. The maximum atomic E-state index is 12.7. The lowest BCUT2D eigenvalue weighted by molar-refractivity contribution is -0.124. The van der Waals surface area contributed by atoms with Crippen molar-refractivity contribution in [3.8, 4) is 0 Å². The predicted molar refractivity (Wildman–Crippen MR) is 101 cm³/mol. The highest BCUT2D eigenvalue weighted by atomic mass is 35.5. The number of nitrogens with one attached hydrogen (secondary N) is 2. The van der Waals surface area contributed by atoms with E-state index in [0.29, 0.717) is 45.7 Å². The second-order valence-electron chi connectivity index (χ2n) is 6.10. The Balaban J connectivity index is 0.00000312. The molecule has 1 aromatic carbocycles. The first-order valence-electron chi connectivity index (χ1n) is 8.24. The van der Waals surface area contributed by atoms with Gasteiger partial charge in [0.15, 0.2) is 14.6 Å². The lowest BCUT2D eigenvalue weighted by Gasteiger charge is -2.34. The monoisotopic (exact) mass is 390 g/mol. The quantitative estimate of drug-likeness (QED) is 0.735. The second-order valence-corrected chi connectivity index (χ2v) is 8.43. The molecule has 2 rings (SSSR count). The third-order valence-electron chi connectivity index (χ3n) is 4.55. The molecule has 0 bridgehead atoms. The molecule has 1 fully saturated rings. The van der Waals surface area contributed by atoms with Crippen molar-refractivity contribution in [2.24, 2.45) is 0 Å². The molecule has 142 valence electrons. The van der Waals surface area contributed by atoms with Crippen LogP contribution in [-0.4, -0.2) is 45.0 Å². The van der Waals surface area contributed by atoms with Gasteiger partial charge in [-0.15, -0.1) is 12.4 Å². The highest BCUT2D eigenvalue weighted by molar-refractivity contribution is 7.92. The van der Waals surface area contributed by atoms with Crippen LogP contribution in [0.3, 0.4) is 0 Å². The van der Waals surface area contributed by atoms with Crippen LogP contribution in [0.5, 0.6) is 0 Å². The number of benzene rings is 1. The normalized spacial score (nSPS) is 16.7. The molecule has 8 heteroatoms. The molecule has 2 N–H and O–H groups in total. The molecule has 0 unspecified atom stereocenters. The van der Waals surface area contributed by atoms with Gasteiger partial charge in [-0.25, -0.2) is 8.42 Å². The Hall–Kier alpha value is -1.15. The van der Waals surface area contributed by atoms with Crippen molar-refractivity contribution in [1.82, 2.24) is 10.6 Å². The van der Waals surface area contributed by atoms with E-state index in [1.807, 2.05) is 31.2 Å². The van der Waals surface area contributed by atoms with Gasteiger partial charge in [0.05, 0.1) is 6.61 Å². The number of ether oxygens (including phenoxy) is 1. The van der Waals surface area contributed by atoms with Crippen LogP contribution in [0.25, 0.3) is 0 Å². The Morgan fingerprint density at radius 3 is 2.40 bits per heavy atom. The fourth-order valence-electron chi connectivity index (χ4n) is 3.02. The minimum Gasteiger partial charge on any atom is -0.377 e. The number of halogens is 1. The summed E-state index contributed by atoms with van der Waals surface area (Å²) in [6, 6.07) is 7.69. The van der Waals surface area contributed by atoms with Gasteiger partial charge in [0.2, 0.25) is 5.91 Å². The smallest absolute Gasteiger partial charge is 0.241 e. The molecule has 0 atom stereocenters. The first-order chi connectivity index (χ1) is 11.4. The summed E-state index contributed by atoms with van der Waals surface area (Å²) in [5.74, 6) is -0.405. The molecule has 1 aliphatic rings. The highest BCUT2D eigenvalue weighted by Crippen LogP contribution is 2.28. The molecule has 0 spiro atoms. The molecule has 1 aliphatic heterocycles. The minimum atomic E-state index is -3.49. The fraction of sp³-hybridized carbons (Fsp3) is 0.588. The Kier molecular flexibility index (Phi) is 8.34. The molecule has 1 heterocycles. The molecule has 1 saturated heterocycles. The summed E-state index contributed by atoms with van der Waals surface area (Å²) >= 11 is 0. The predicted octanol–water partition coefficient (Wildman–Crippen LogP) is 1.43. The molecule has 1 aromatic rings. The number of amides is 1. The SMILES string of the molecule is CCOCc1ccccc1CNC(=O)C1(S(C)(=O)=O)CCNCC1.Cl. The van der Waals surface area contributed by atoms with Crippen LogP contribution >= 0.6 is 12.4 Å². The average molecular weight is 391 g/mol. The Bertz CT molecular complexity index is 673. The van der Waals surface area contributed by atoms with E-state index in [0.717, 1.165) is 17.4 Å². The van der Waals surface area contributed by atoms with Crippen LogP contribution < -0.4 is 10.6 Å². The summed E-state index contributed by atoms with van der Waals surface area (Å²) in [5, 5.41) is 5.94. The summed E-state index contributed by atoms with van der Waals surface area (Å²) < 4.78 is 28.6. The topological polar surface area (TPSA) is 84.5 Å². The van der Waals surface area contributed by atoms with E-state index in [1.54, 1.807) is 0 Å². The van der Waals surface area contributed by atoms with Crippen molar-refractivity contribution >= 4 is 28.2 Å². The summed E-state index contributed by atoms with van der Waals surface area (Å²) in [6.07, 6.45) is 1.76. The number of piperidine rings is 1. The summed E-state index contributed by atoms with van der Waals surface area (Å²) in [5.41, 5.74) is 1.94. The number of rotatable bonds is 7. The van der Waals surface area contributed by atoms with Gasteiger partial charge in [-0.3, -0.25) is 4.79 Å². The van der Waals surface area contributed by atoms with Gasteiger partial charge >= 0.3 is 0 Å². The van der Waals surface area contributed by atoms with Crippen LogP contribution in [0.15, 0.2) is 24.3 Å². The van der Waals surface area contributed by atoms with Crippen LogP contribution in [0.4, 0.5) is 0 Å². The molecule has 1 amide bonds. The van der Waals surface area contributed by atoms with Gasteiger partial charge in [-0.1, -0.05) is 24.3 Å². The molecule has 0 saturated carbocycles. The van der Waals surface area contributed by atoms with Gasteiger partial charge in [0.25, 0.3) is 0 Å². The van der Waals surface area contributed by atoms with Crippen LogP contribution in [0, 0.1) is 0 Å². The molecule has 0 aliphatic carbocycles. The lowest BCUT2D eigenvalue weighted by atomic mass is 9.95. The first kappa shape index (κ1) is 21.9. The van der Waals surface area contributed by atoms with Crippen molar-refractivity contribution in [1.29, 1.82) is 0 Å². The second kappa shape index (κ2) is 9.52. The van der Waals surface area contributed by atoms with Gasteiger partial charge in [-0.05, 0) is 44.0 Å². The van der Waals surface area contributed by atoms with Crippen molar-refractivity contribution in [3.05, 3.63) is 35.4 Å². The number of sulfone groups is 1. The maximum Gasteiger partial charge on any atom is 0.241 e. The third-order valence-corrected chi connectivity index (χ3v) is 6.57. The molecule has 25 heavy (non-hydrogen) atoms. The third kappa shape index (κ3) is 5.17. The Morgan fingerprint density at radius 2 is 1.84 bits per heavy atom. The van der Waals surface area contributed by atoms with Crippen molar-refractivity contribution in [3.63, 3.8) is 0 Å². The first-order valence-corrected chi connectivity index (χ1v) is 10.1. The molecule has 0 aromatic heterocycles. The number of carbonyl (C=O) groups excluding carboxylic acids is 1. The number of carbonyl (C=O) groups is 1. The Labute approximate surface area is 156 Å². The van der Waals surface area contributed by atoms with Crippen LogP contribution in [0.2, 0.25) is 0 Å². The Morgan fingerprint density at radius 1 is 1.24 bits per heavy atom. The highest BCUT2D eigenvalue weighted by Gasteiger charge is 2.48. The van der Waals surface area contributed by atoms with Crippen molar-refractivity contribution in [2.45, 2.75) is 37.7 Å². The average Bonchev–Trinajstić information content (AvgIpc) is 2.58. The van der Waals surface area contributed by atoms with Gasteiger partial charge < -0.3 is 15.4 Å². The molecular weight excluding hydrogens is 364 g/mol. The van der Waals surface area contributed by atoms with E-state index in [4.69, 9.17) is 4.74 Å². The van der Waals surface area contributed by atoms with Crippen LogP contribution in [0.1, 0.15) is 30.9 Å². The zero-order valence-corrected chi connectivity index (χ0v) is 16.3. The van der Waals surface area contributed by atoms with E-state index >= 15 is 0 Å². The summed E-state index contributed by atoms with van der Waals surface area (Å²) in [6.45, 7) is 4.38. The zero-order chi connectivity index (χ0) is 17.6. The van der Waals surface area contributed by atoms with E-state index in [2.05, 4.69) is 10.6 Å².